The minimum absolute atomic E-state index is 0.0403. The third kappa shape index (κ3) is 9.56. The minimum atomic E-state index is -0.576. The van der Waals surface area contributed by atoms with Crippen LogP contribution in [0.2, 0.25) is 0 Å². The molecular weight excluding hydrogens is 1020 g/mol. The predicted octanol–water partition coefficient (Wildman–Crippen LogP) is 8.82. The first-order valence-electron chi connectivity index (χ1n) is 22.9. The van der Waals surface area contributed by atoms with E-state index in [4.69, 9.17) is 29.6 Å². The van der Waals surface area contributed by atoms with Gasteiger partial charge in [0.1, 0.15) is 38.3 Å². The van der Waals surface area contributed by atoms with E-state index in [1.165, 1.54) is 0 Å². The SMILES string of the molecule is Cn1c(Nc2ccc(Br)cc2)nc2cc(O[N+]3(CC=O)CCN(C(=O)N4CC[N+](CC=O)(Oc5ccc6c(c5)nc(Nc5ccc(Br)cc5)n6C)CC4c4ccccn4)C(c4ccccn4)C3)ccc21. The quantitative estimate of drug-likeness (QED) is 0.0791. The summed E-state index contributed by atoms with van der Waals surface area (Å²) in [5.41, 5.74) is 6.34. The monoisotopic (exact) mass is 1070 g/mol. The average molecular weight is 1070 g/mol. The summed E-state index contributed by atoms with van der Waals surface area (Å²) in [5, 5.41) is 6.79. The Kier molecular flexibility index (Phi) is 13.1. The molecule has 2 fully saturated rings. The molecule has 2 aliphatic heterocycles. The zero-order valence-corrected chi connectivity index (χ0v) is 41.6. The predicted molar refractivity (Wildman–Crippen MR) is 272 cm³/mol. The third-order valence-corrected chi connectivity index (χ3v) is 14.2. The number of aldehydes is 2. The number of piperazine rings is 2. The Morgan fingerprint density at radius 3 is 1.44 bits per heavy atom. The number of anilines is 4. The van der Waals surface area contributed by atoms with Crippen molar-refractivity contribution < 1.29 is 33.4 Å². The molecular formula is C51H50Br2N12O5+2. The molecule has 356 valence electrons. The number of imidazole rings is 2. The van der Waals surface area contributed by atoms with Crippen molar-refractivity contribution in [2.45, 2.75) is 12.1 Å². The first-order valence-corrected chi connectivity index (χ1v) is 24.5. The Morgan fingerprint density at radius 2 is 1.06 bits per heavy atom. The molecule has 8 aromatic rings. The number of nitrogens with one attached hydrogen (secondary N) is 2. The fourth-order valence-corrected chi connectivity index (χ4v) is 10.0. The molecule has 4 aromatic carbocycles. The van der Waals surface area contributed by atoms with Crippen LogP contribution in [-0.2, 0) is 23.7 Å². The number of benzene rings is 4. The van der Waals surface area contributed by atoms with Gasteiger partial charge in [-0.05, 0) is 97.1 Å². The van der Waals surface area contributed by atoms with Gasteiger partial charge in [0.15, 0.2) is 37.2 Å². The molecule has 2 amide bonds. The van der Waals surface area contributed by atoms with Gasteiger partial charge in [-0.2, -0.15) is 0 Å². The molecule has 0 saturated carbocycles. The van der Waals surface area contributed by atoms with Crippen LogP contribution >= 0.6 is 31.9 Å². The lowest BCUT2D eigenvalue weighted by molar-refractivity contribution is -1.08. The number of carbonyl (C=O) groups is 3. The number of nitrogens with zero attached hydrogens (tertiary/aromatic N) is 10. The van der Waals surface area contributed by atoms with Gasteiger partial charge in [0.25, 0.3) is 0 Å². The van der Waals surface area contributed by atoms with E-state index in [-0.39, 0.29) is 54.6 Å². The largest absolute Gasteiger partial charge is 0.326 e. The molecule has 2 aliphatic rings. The van der Waals surface area contributed by atoms with Gasteiger partial charge in [0.05, 0.1) is 46.5 Å². The zero-order valence-electron chi connectivity index (χ0n) is 38.4. The topological polar surface area (TPSA) is 162 Å². The molecule has 2 N–H and O–H groups in total. The molecule has 6 heterocycles. The van der Waals surface area contributed by atoms with E-state index in [9.17, 15) is 9.59 Å². The highest BCUT2D eigenvalue weighted by atomic mass is 79.9. The van der Waals surface area contributed by atoms with E-state index in [2.05, 4.69) is 42.5 Å². The molecule has 0 radical (unpaired) electrons. The van der Waals surface area contributed by atoms with E-state index in [0.717, 1.165) is 43.9 Å². The number of hydrogen-bond donors (Lipinski definition) is 2. The lowest BCUT2D eigenvalue weighted by Crippen LogP contribution is -2.68. The number of quaternary nitrogens is 2. The lowest BCUT2D eigenvalue weighted by atomic mass is 10.0. The van der Waals surface area contributed by atoms with Crippen molar-refractivity contribution in [3.63, 3.8) is 0 Å². The van der Waals surface area contributed by atoms with Gasteiger partial charge < -0.3 is 39.2 Å². The van der Waals surface area contributed by atoms with Crippen LogP contribution in [0.1, 0.15) is 23.5 Å². The third-order valence-electron chi connectivity index (χ3n) is 13.1. The Bertz CT molecular complexity index is 2970. The summed E-state index contributed by atoms with van der Waals surface area (Å²) in [4.78, 5) is 77.1. The second-order valence-electron chi connectivity index (χ2n) is 17.6. The molecule has 2 saturated heterocycles. The van der Waals surface area contributed by atoms with Crippen molar-refractivity contribution in [2.75, 3.05) is 63.0 Å². The summed E-state index contributed by atoms with van der Waals surface area (Å²) < 4.78 is 5.77. The molecule has 0 spiro atoms. The first-order chi connectivity index (χ1) is 34.0. The highest BCUT2D eigenvalue weighted by Crippen LogP contribution is 2.37. The van der Waals surface area contributed by atoms with Crippen LogP contribution in [0.3, 0.4) is 0 Å². The van der Waals surface area contributed by atoms with Crippen molar-refractivity contribution >= 4 is 95.8 Å². The van der Waals surface area contributed by atoms with E-state index in [1.54, 1.807) is 12.4 Å². The van der Waals surface area contributed by atoms with Gasteiger partial charge in [-0.25, -0.2) is 14.8 Å². The molecule has 4 aromatic heterocycles. The van der Waals surface area contributed by atoms with Crippen LogP contribution in [0.5, 0.6) is 11.5 Å². The summed E-state index contributed by atoms with van der Waals surface area (Å²) in [5.74, 6) is 2.40. The van der Waals surface area contributed by atoms with Gasteiger partial charge >= 0.3 is 6.03 Å². The number of carbonyl (C=O) groups excluding carboxylic acids is 3. The molecule has 0 aliphatic carbocycles. The average Bonchev–Trinajstić information content (AvgIpc) is 3.85. The minimum Gasteiger partial charge on any atom is -0.326 e. The van der Waals surface area contributed by atoms with Crippen LogP contribution in [0, 0.1) is 0 Å². The molecule has 0 bridgehead atoms. The highest BCUT2D eigenvalue weighted by Gasteiger charge is 2.50. The molecule has 19 heteroatoms. The normalized spacial score (nSPS) is 20.3. The fourth-order valence-electron chi connectivity index (χ4n) is 9.49. The van der Waals surface area contributed by atoms with Crippen molar-refractivity contribution in [1.82, 2.24) is 38.9 Å². The number of amides is 2. The van der Waals surface area contributed by atoms with Gasteiger partial charge in [-0.1, -0.05) is 44.0 Å². The van der Waals surface area contributed by atoms with Crippen molar-refractivity contribution in [3.8, 4) is 11.5 Å². The maximum Gasteiger partial charge on any atom is 0.321 e. The zero-order chi connectivity index (χ0) is 48.4. The van der Waals surface area contributed by atoms with E-state index < -0.39 is 12.1 Å². The second-order valence-corrected chi connectivity index (χ2v) is 19.4. The summed E-state index contributed by atoms with van der Waals surface area (Å²) in [7, 11) is 3.89. The summed E-state index contributed by atoms with van der Waals surface area (Å²) in [6.45, 7) is 1.70. The smallest absolute Gasteiger partial charge is 0.321 e. The van der Waals surface area contributed by atoms with Crippen LogP contribution in [0.25, 0.3) is 22.1 Å². The number of hydrogen-bond acceptors (Lipinski definition) is 11. The highest BCUT2D eigenvalue weighted by molar-refractivity contribution is 9.10. The second kappa shape index (κ2) is 19.7. The number of aromatic nitrogens is 6. The first kappa shape index (κ1) is 46.5. The number of pyridine rings is 2. The van der Waals surface area contributed by atoms with E-state index in [1.807, 2.05) is 154 Å². The van der Waals surface area contributed by atoms with Gasteiger partial charge in [-0.3, -0.25) is 19.6 Å². The maximum absolute atomic E-state index is 15.4. The molecule has 70 heavy (non-hydrogen) atoms. The maximum atomic E-state index is 15.4. The van der Waals surface area contributed by atoms with E-state index >= 15 is 4.79 Å². The van der Waals surface area contributed by atoms with Crippen molar-refractivity contribution in [1.29, 1.82) is 0 Å². The summed E-state index contributed by atoms with van der Waals surface area (Å²) >= 11 is 6.99. The molecule has 10 rings (SSSR count). The van der Waals surface area contributed by atoms with Crippen LogP contribution in [0.4, 0.5) is 28.1 Å². The van der Waals surface area contributed by atoms with Crippen molar-refractivity contribution in [3.05, 3.63) is 154 Å². The van der Waals surface area contributed by atoms with Crippen LogP contribution < -0.4 is 20.3 Å². The number of halogens is 2. The number of fused-ring (bicyclic) bond motifs is 2. The Hall–Kier alpha value is -7.19. The molecule has 17 nitrogen and oxygen atoms in total. The van der Waals surface area contributed by atoms with Crippen LogP contribution in [-0.4, -0.2) is 119 Å². The summed E-state index contributed by atoms with van der Waals surface area (Å²) in [6.07, 6.45) is 5.15. The van der Waals surface area contributed by atoms with Gasteiger partial charge in [0, 0.05) is 58.9 Å². The Morgan fingerprint density at radius 1 is 0.629 bits per heavy atom. The fraction of sp³-hybridized carbons (Fsp3) is 0.235. The van der Waals surface area contributed by atoms with Crippen LogP contribution in [0.15, 0.2) is 143 Å². The number of hydroxylamine groups is 6. The standard InChI is InChI=1S/C51H50Br2N12O5/c1-60-45-19-17-39(31-43(45)58-49(60)56-37-13-9-35(52)10-14-37)69-64(27-29-66)25-23-62(47(33-64)41-7-3-5-21-54-41)51(68)63-24-26-65(28-30-67,34-48(63)42-8-4-6-22-55-42)70-40-18-20-46-44(32-40)59-50(61(46)2)57-38-15-11-36(53)12-16-38/h3-22,29-32,47-48H,23-28,33-34H2,1-2H3,(H,56,58)(H,57,59)/q+2. The lowest BCUT2D eigenvalue weighted by Gasteiger charge is -2.49. The number of urea groups is 1. The summed E-state index contributed by atoms with van der Waals surface area (Å²) in [6, 6.07) is 37.1. The van der Waals surface area contributed by atoms with E-state index in [0.29, 0.717) is 58.9 Å². The van der Waals surface area contributed by atoms with Gasteiger partial charge in [0.2, 0.25) is 11.9 Å². The molecule has 4 unspecified atom stereocenters. The number of aryl methyl sites for hydroxylation is 2. The number of rotatable bonds is 14. The van der Waals surface area contributed by atoms with Crippen molar-refractivity contribution in [2.24, 2.45) is 14.1 Å². The Balaban J connectivity index is 0.915. The molecule has 4 atom stereocenters. The Labute approximate surface area is 420 Å². The van der Waals surface area contributed by atoms with Gasteiger partial charge in [-0.15, -0.1) is 9.29 Å².